The first kappa shape index (κ1) is 22.6. The van der Waals surface area contributed by atoms with E-state index in [1.54, 1.807) is 49.4 Å². The molecule has 0 amide bonds. The van der Waals surface area contributed by atoms with E-state index in [0.29, 0.717) is 55.0 Å². The van der Waals surface area contributed by atoms with E-state index >= 15 is 0 Å². The number of piperazine rings is 1. The van der Waals surface area contributed by atoms with Gasteiger partial charge in [0.1, 0.15) is 11.6 Å². The molecule has 0 spiro atoms. The molecule has 0 N–H and O–H groups in total. The minimum absolute atomic E-state index is 0.264. The van der Waals surface area contributed by atoms with Crippen molar-refractivity contribution in [1.29, 1.82) is 0 Å². The van der Waals surface area contributed by atoms with Gasteiger partial charge in [0.05, 0.1) is 0 Å². The molecular weight excluding hydrogens is 434 g/mol. The molecule has 1 aliphatic carbocycles. The van der Waals surface area contributed by atoms with Gasteiger partial charge in [-0.2, -0.15) is 0 Å². The van der Waals surface area contributed by atoms with Gasteiger partial charge < -0.3 is 0 Å². The molecule has 174 valence electrons. The molecule has 2 aliphatic rings. The van der Waals surface area contributed by atoms with Crippen LogP contribution < -0.4 is 0 Å². The molecule has 0 radical (unpaired) electrons. The molecule has 0 aromatic heterocycles. The van der Waals surface area contributed by atoms with E-state index in [9.17, 15) is 18.4 Å². The summed E-state index contributed by atoms with van der Waals surface area (Å²) in [5, 5.41) is 0. The Morgan fingerprint density at radius 1 is 0.794 bits per heavy atom. The zero-order valence-electron chi connectivity index (χ0n) is 19.3. The van der Waals surface area contributed by atoms with Crippen LogP contribution in [0.5, 0.6) is 0 Å². The molecule has 3 aromatic rings. The number of carbonyl (C=O) groups excluding carboxylic acids is 2. The smallest absolute Gasteiger partial charge is 0.196 e. The summed E-state index contributed by atoms with van der Waals surface area (Å²) in [6, 6.07) is 16.1. The first-order valence-corrected chi connectivity index (χ1v) is 11.5. The molecule has 0 atom stereocenters. The first-order valence-electron chi connectivity index (χ1n) is 11.5. The van der Waals surface area contributed by atoms with Crippen LogP contribution >= 0.6 is 0 Å². The Morgan fingerprint density at radius 3 is 2.06 bits per heavy atom. The lowest BCUT2D eigenvalue weighted by atomic mass is 9.81. The predicted molar refractivity (Wildman–Crippen MR) is 126 cm³/mol. The van der Waals surface area contributed by atoms with Crippen molar-refractivity contribution in [3.63, 3.8) is 0 Å². The highest BCUT2D eigenvalue weighted by Gasteiger charge is 2.58. The van der Waals surface area contributed by atoms with E-state index in [2.05, 4.69) is 4.90 Å². The van der Waals surface area contributed by atoms with Gasteiger partial charge in [-0.1, -0.05) is 36.4 Å². The Labute approximate surface area is 197 Å². The van der Waals surface area contributed by atoms with Crippen LogP contribution in [0.3, 0.4) is 0 Å². The number of benzene rings is 3. The van der Waals surface area contributed by atoms with Crippen molar-refractivity contribution in [2.24, 2.45) is 0 Å². The van der Waals surface area contributed by atoms with Crippen molar-refractivity contribution < 1.29 is 18.4 Å². The molecule has 34 heavy (non-hydrogen) atoms. The van der Waals surface area contributed by atoms with Crippen LogP contribution in [0.1, 0.15) is 43.0 Å². The number of hydrogen-bond acceptors (Lipinski definition) is 4. The van der Waals surface area contributed by atoms with Gasteiger partial charge in [-0.05, 0) is 60.4 Å². The highest BCUT2D eigenvalue weighted by molar-refractivity contribution is 6.32. The van der Waals surface area contributed by atoms with Gasteiger partial charge in [-0.3, -0.25) is 19.4 Å². The lowest BCUT2D eigenvalue weighted by Gasteiger charge is -2.44. The van der Waals surface area contributed by atoms with Crippen LogP contribution in [0.25, 0.3) is 0 Å². The topological polar surface area (TPSA) is 40.6 Å². The zero-order valence-corrected chi connectivity index (χ0v) is 19.3. The van der Waals surface area contributed by atoms with Gasteiger partial charge in [0.2, 0.25) is 0 Å². The van der Waals surface area contributed by atoms with Crippen molar-refractivity contribution >= 4 is 11.6 Å². The second-order valence-corrected chi connectivity index (χ2v) is 9.27. The van der Waals surface area contributed by atoms with Crippen LogP contribution in [0.4, 0.5) is 8.78 Å². The molecule has 1 heterocycles. The van der Waals surface area contributed by atoms with Crippen LogP contribution in [0, 0.1) is 25.5 Å². The fraction of sp³-hybridized carbons (Fsp3) is 0.286. The number of fused-ring (bicyclic) bond motifs is 1. The van der Waals surface area contributed by atoms with Gasteiger partial charge in [0.25, 0.3) is 0 Å². The standard InChI is InChI=1S/C28H26F2N2O2/c1-18-13-21(16-23(30)14-18)28(26(33)24-5-3-4-6-25(24)27(28)34)32-11-9-31(10-12-32)17-20-15-22(29)8-7-19(20)2/h3-8,13-16H,9-12,17H2,1-2H3. The van der Waals surface area contributed by atoms with Crippen LogP contribution in [0.15, 0.2) is 60.7 Å². The number of ketones is 2. The number of nitrogens with zero attached hydrogens (tertiary/aromatic N) is 2. The predicted octanol–water partition coefficient (Wildman–Crippen LogP) is 4.67. The second kappa shape index (κ2) is 8.53. The Kier molecular flexibility index (Phi) is 5.66. The van der Waals surface area contributed by atoms with Crippen LogP contribution in [-0.4, -0.2) is 47.5 Å². The Bertz CT molecular complexity index is 1240. The number of aryl methyl sites for hydroxylation is 2. The van der Waals surface area contributed by atoms with Crippen molar-refractivity contribution in [2.45, 2.75) is 25.9 Å². The zero-order chi connectivity index (χ0) is 24.0. The fourth-order valence-electron chi connectivity index (χ4n) is 5.34. The third-order valence-electron chi connectivity index (χ3n) is 7.09. The van der Waals surface area contributed by atoms with E-state index in [-0.39, 0.29) is 17.4 Å². The summed E-state index contributed by atoms with van der Waals surface area (Å²) in [5.41, 5.74) is 2.17. The number of carbonyl (C=O) groups is 2. The van der Waals surface area contributed by atoms with E-state index < -0.39 is 11.4 Å². The van der Waals surface area contributed by atoms with Crippen molar-refractivity contribution in [2.75, 3.05) is 26.2 Å². The molecule has 0 bridgehead atoms. The van der Waals surface area contributed by atoms with E-state index in [1.807, 2.05) is 11.8 Å². The van der Waals surface area contributed by atoms with E-state index in [0.717, 1.165) is 11.1 Å². The maximum Gasteiger partial charge on any atom is 0.196 e. The van der Waals surface area contributed by atoms with Gasteiger partial charge in [0.15, 0.2) is 17.1 Å². The molecule has 0 saturated carbocycles. The van der Waals surface area contributed by atoms with E-state index in [1.165, 1.54) is 18.2 Å². The average Bonchev–Trinajstić information content (AvgIpc) is 3.04. The maximum atomic E-state index is 14.5. The maximum absolute atomic E-state index is 14.5. The summed E-state index contributed by atoms with van der Waals surface area (Å²) in [5.74, 6) is -1.33. The molecule has 0 unspecified atom stereocenters. The number of hydrogen-bond donors (Lipinski definition) is 0. The van der Waals surface area contributed by atoms with Crippen molar-refractivity contribution in [1.82, 2.24) is 9.80 Å². The Balaban J connectivity index is 1.49. The third-order valence-corrected chi connectivity index (χ3v) is 7.09. The highest BCUT2D eigenvalue weighted by atomic mass is 19.1. The SMILES string of the molecule is Cc1cc(F)cc(C2(N3CCN(Cc4cc(F)ccc4C)CC3)C(=O)c3ccccc3C2=O)c1. The molecular formula is C28H26F2N2O2. The third kappa shape index (κ3) is 3.58. The van der Waals surface area contributed by atoms with Gasteiger partial charge in [-0.25, -0.2) is 8.78 Å². The Hall–Kier alpha value is -3.22. The van der Waals surface area contributed by atoms with Crippen molar-refractivity contribution in [3.8, 4) is 0 Å². The number of halogens is 2. The second-order valence-electron chi connectivity index (χ2n) is 9.27. The average molecular weight is 461 g/mol. The summed E-state index contributed by atoms with van der Waals surface area (Å²) in [6.07, 6.45) is 0. The molecule has 1 aliphatic heterocycles. The molecule has 1 saturated heterocycles. The molecule has 4 nitrogen and oxygen atoms in total. The van der Waals surface area contributed by atoms with Gasteiger partial charge in [-0.15, -0.1) is 0 Å². The quantitative estimate of drug-likeness (QED) is 0.531. The largest absolute Gasteiger partial charge is 0.297 e. The lowest BCUT2D eigenvalue weighted by Crippen LogP contribution is -2.60. The minimum atomic E-state index is -1.57. The summed E-state index contributed by atoms with van der Waals surface area (Å²) in [7, 11) is 0. The van der Waals surface area contributed by atoms with E-state index in [4.69, 9.17) is 0 Å². The fourth-order valence-corrected chi connectivity index (χ4v) is 5.34. The van der Waals surface area contributed by atoms with Crippen molar-refractivity contribution in [3.05, 3.63) is 106 Å². The molecule has 6 heteroatoms. The number of rotatable bonds is 4. The van der Waals surface area contributed by atoms with Crippen LogP contribution in [-0.2, 0) is 12.1 Å². The summed E-state index contributed by atoms with van der Waals surface area (Å²) in [4.78, 5) is 31.8. The molecule has 1 fully saturated rings. The first-order chi connectivity index (χ1) is 16.3. The monoisotopic (exact) mass is 460 g/mol. The lowest BCUT2D eigenvalue weighted by molar-refractivity contribution is 0.0278. The normalized spacial score (nSPS) is 18.4. The molecule has 3 aromatic carbocycles. The summed E-state index contributed by atoms with van der Waals surface area (Å²) < 4.78 is 28.3. The summed E-state index contributed by atoms with van der Waals surface area (Å²) in [6.45, 7) is 6.41. The minimum Gasteiger partial charge on any atom is -0.297 e. The van der Waals surface area contributed by atoms with Gasteiger partial charge in [0, 0.05) is 43.9 Å². The Morgan fingerprint density at radius 2 is 1.44 bits per heavy atom. The van der Waals surface area contributed by atoms with Gasteiger partial charge >= 0.3 is 0 Å². The number of Topliss-reactive ketones (excluding diaryl/α,β-unsaturated/α-hetero) is 2. The highest BCUT2D eigenvalue weighted by Crippen LogP contribution is 2.43. The van der Waals surface area contributed by atoms with Crippen LogP contribution in [0.2, 0.25) is 0 Å². The molecule has 5 rings (SSSR count). The summed E-state index contributed by atoms with van der Waals surface area (Å²) >= 11 is 0.